The number of hydrogen-bond donors (Lipinski definition) is 1. The van der Waals surface area contributed by atoms with Crippen molar-refractivity contribution < 1.29 is 0 Å². The molecule has 1 nitrogen and oxygen atoms in total. The van der Waals surface area contributed by atoms with E-state index in [1.807, 2.05) is 0 Å². The zero-order valence-electron chi connectivity index (χ0n) is 9.09. The average molecular weight is 189 g/mol. The van der Waals surface area contributed by atoms with Gasteiger partial charge in [0.2, 0.25) is 0 Å². The first-order valence-electron chi connectivity index (χ1n) is 5.28. The minimum Gasteiger partial charge on any atom is -0.326 e. The SMILES string of the molecule is CCC(=Cc1ccc(CN)cc1)CC. The molecule has 0 heterocycles. The van der Waals surface area contributed by atoms with Crippen LogP contribution in [-0.2, 0) is 6.54 Å². The van der Waals surface area contributed by atoms with Crippen LogP contribution >= 0.6 is 0 Å². The second kappa shape index (κ2) is 5.61. The first kappa shape index (κ1) is 11.0. The monoisotopic (exact) mass is 189 g/mol. The van der Waals surface area contributed by atoms with Gasteiger partial charge >= 0.3 is 0 Å². The molecule has 0 radical (unpaired) electrons. The van der Waals surface area contributed by atoms with Crippen molar-refractivity contribution in [2.24, 2.45) is 5.73 Å². The summed E-state index contributed by atoms with van der Waals surface area (Å²) in [6, 6.07) is 8.45. The standard InChI is InChI=1S/C13H19N/c1-3-11(4-2)9-12-5-7-13(10-14)8-6-12/h5-9H,3-4,10,14H2,1-2H3. The van der Waals surface area contributed by atoms with Crippen molar-refractivity contribution in [3.63, 3.8) is 0 Å². The number of allylic oxidation sites excluding steroid dienone is 1. The van der Waals surface area contributed by atoms with Crippen LogP contribution < -0.4 is 5.73 Å². The van der Waals surface area contributed by atoms with Gasteiger partial charge in [0.25, 0.3) is 0 Å². The van der Waals surface area contributed by atoms with Gasteiger partial charge in [-0.3, -0.25) is 0 Å². The molecule has 0 amide bonds. The molecule has 0 bridgehead atoms. The van der Waals surface area contributed by atoms with Crippen molar-refractivity contribution in [2.75, 3.05) is 0 Å². The van der Waals surface area contributed by atoms with Crippen LogP contribution in [0.25, 0.3) is 6.08 Å². The van der Waals surface area contributed by atoms with Crippen molar-refractivity contribution in [2.45, 2.75) is 33.2 Å². The largest absolute Gasteiger partial charge is 0.326 e. The summed E-state index contributed by atoms with van der Waals surface area (Å²) < 4.78 is 0. The zero-order valence-corrected chi connectivity index (χ0v) is 9.09. The molecule has 0 saturated heterocycles. The Labute approximate surface area is 86.6 Å². The lowest BCUT2D eigenvalue weighted by Gasteiger charge is -2.01. The molecule has 0 atom stereocenters. The van der Waals surface area contributed by atoms with E-state index in [0.717, 1.165) is 12.8 Å². The smallest absolute Gasteiger partial charge is 0.0178 e. The highest BCUT2D eigenvalue weighted by Gasteiger charge is 1.93. The molecule has 0 unspecified atom stereocenters. The first-order valence-corrected chi connectivity index (χ1v) is 5.28. The topological polar surface area (TPSA) is 26.0 Å². The van der Waals surface area contributed by atoms with Crippen LogP contribution in [0.4, 0.5) is 0 Å². The van der Waals surface area contributed by atoms with Gasteiger partial charge in [0.1, 0.15) is 0 Å². The van der Waals surface area contributed by atoms with Crippen LogP contribution in [0.1, 0.15) is 37.8 Å². The molecule has 2 N–H and O–H groups in total. The van der Waals surface area contributed by atoms with Crippen molar-refractivity contribution in [1.29, 1.82) is 0 Å². The minimum atomic E-state index is 0.623. The van der Waals surface area contributed by atoms with Gasteiger partial charge in [0.15, 0.2) is 0 Å². The normalized spacial score (nSPS) is 9.93. The zero-order chi connectivity index (χ0) is 10.4. The van der Waals surface area contributed by atoms with Crippen LogP contribution in [0.3, 0.4) is 0 Å². The Hall–Kier alpha value is -1.08. The van der Waals surface area contributed by atoms with E-state index in [1.54, 1.807) is 0 Å². The summed E-state index contributed by atoms with van der Waals surface area (Å²) in [5, 5.41) is 0. The summed E-state index contributed by atoms with van der Waals surface area (Å²) in [6.07, 6.45) is 4.53. The molecule has 0 aliphatic heterocycles. The molecule has 0 saturated carbocycles. The molecule has 0 spiro atoms. The maximum absolute atomic E-state index is 5.54. The Bertz CT molecular complexity index is 290. The molecule has 1 aromatic rings. The quantitative estimate of drug-likeness (QED) is 0.772. The number of nitrogens with two attached hydrogens (primary N) is 1. The number of rotatable bonds is 4. The molecule has 76 valence electrons. The molecule has 0 aliphatic carbocycles. The summed E-state index contributed by atoms with van der Waals surface area (Å²) in [5.41, 5.74) is 9.50. The fourth-order valence-electron chi connectivity index (χ4n) is 1.44. The van der Waals surface area contributed by atoms with E-state index in [9.17, 15) is 0 Å². The predicted molar refractivity (Wildman–Crippen MR) is 62.9 cm³/mol. The van der Waals surface area contributed by atoms with E-state index >= 15 is 0 Å². The summed E-state index contributed by atoms with van der Waals surface area (Å²) in [7, 11) is 0. The Balaban J connectivity index is 2.81. The summed E-state index contributed by atoms with van der Waals surface area (Å²) in [6.45, 7) is 5.02. The van der Waals surface area contributed by atoms with Gasteiger partial charge in [-0.15, -0.1) is 0 Å². The third kappa shape index (κ3) is 3.00. The van der Waals surface area contributed by atoms with Crippen molar-refractivity contribution in [3.8, 4) is 0 Å². The van der Waals surface area contributed by atoms with Crippen LogP contribution in [-0.4, -0.2) is 0 Å². The van der Waals surface area contributed by atoms with Crippen LogP contribution in [0.2, 0.25) is 0 Å². The predicted octanol–water partition coefficient (Wildman–Crippen LogP) is 3.35. The summed E-state index contributed by atoms with van der Waals surface area (Å²) >= 11 is 0. The minimum absolute atomic E-state index is 0.623. The van der Waals surface area contributed by atoms with Crippen molar-refractivity contribution in [3.05, 3.63) is 41.0 Å². The van der Waals surface area contributed by atoms with E-state index in [4.69, 9.17) is 5.73 Å². The molecule has 1 aromatic carbocycles. The molecule has 14 heavy (non-hydrogen) atoms. The molecule has 0 aliphatic rings. The second-order valence-electron chi connectivity index (χ2n) is 3.46. The van der Waals surface area contributed by atoms with E-state index < -0.39 is 0 Å². The lowest BCUT2D eigenvalue weighted by molar-refractivity contribution is 0.990. The Morgan fingerprint density at radius 1 is 1.14 bits per heavy atom. The Morgan fingerprint density at radius 3 is 2.14 bits per heavy atom. The van der Waals surface area contributed by atoms with Gasteiger partial charge in [-0.2, -0.15) is 0 Å². The highest BCUT2D eigenvalue weighted by Crippen LogP contribution is 2.13. The highest BCUT2D eigenvalue weighted by molar-refractivity contribution is 5.53. The Morgan fingerprint density at radius 2 is 1.71 bits per heavy atom. The third-order valence-corrected chi connectivity index (χ3v) is 2.49. The van der Waals surface area contributed by atoms with Crippen LogP contribution in [0, 0.1) is 0 Å². The lowest BCUT2D eigenvalue weighted by Crippen LogP contribution is -1.95. The van der Waals surface area contributed by atoms with Gasteiger partial charge in [0.05, 0.1) is 0 Å². The van der Waals surface area contributed by atoms with E-state index in [1.165, 1.54) is 16.7 Å². The molecular formula is C13H19N. The third-order valence-electron chi connectivity index (χ3n) is 2.49. The number of benzene rings is 1. The van der Waals surface area contributed by atoms with E-state index in [-0.39, 0.29) is 0 Å². The van der Waals surface area contributed by atoms with Gasteiger partial charge in [-0.05, 0) is 24.0 Å². The average Bonchev–Trinajstić information content (AvgIpc) is 2.26. The van der Waals surface area contributed by atoms with Gasteiger partial charge in [-0.25, -0.2) is 0 Å². The Kier molecular flexibility index (Phi) is 4.41. The summed E-state index contributed by atoms with van der Waals surface area (Å²) in [5.74, 6) is 0. The van der Waals surface area contributed by atoms with Gasteiger partial charge in [-0.1, -0.05) is 49.8 Å². The van der Waals surface area contributed by atoms with Crippen LogP contribution in [0.5, 0.6) is 0 Å². The maximum atomic E-state index is 5.54. The molecular weight excluding hydrogens is 170 g/mol. The molecule has 1 heteroatoms. The summed E-state index contributed by atoms with van der Waals surface area (Å²) in [4.78, 5) is 0. The van der Waals surface area contributed by atoms with Crippen LogP contribution in [0.15, 0.2) is 29.8 Å². The first-order chi connectivity index (χ1) is 6.80. The van der Waals surface area contributed by atoms with E-state index in [2.05, 4.69) is 44.2 Å². The highest BCUT2D eigenvalue weighted by atomic mass is 14.5. The van der Waals surface area contributed by atoms with Crippen molar-refractivity contribution >= 4 is 6.08 Å². The van der Waals surface area contributed by atoms with Crippen molar-refractivity contribution in [1.82, 2.24) is 0 Å². The maximum Gasteiger partial charge on any atom is 0.0178 e. The van der Waals surface area contributed by atoms with E-state index in [0.29, 0.717) is 6.54 Å². The van der Waals surface area contributed by atoms with Gasteiger partial charge < -0.3 is 5.73 Å². The fraction of sp³-hybridized carbons (Fsp3) is 0.385. The number of hydrogen-bond acceptors (Lipinski definition) is 1. The fourth-order valence-corrected chi connectivity index (χ4v) is 1.44. The lowest BCUT2D eigenvalue weighted by atomic mass is 10.1. The van der Waals surface area contributed by atoms with Gasteiger partial charge in [0, 0.05) is 6.54 Å². The molecule has 1 rings (SSSR count). The molecule has 0 fully saturated rings. The second-order valence-corrected chi connectivity index (χ2v) is 3.46. The molecule has 0 aromatic heterocycles.